The zero-order valence-electron chi connectivity index (χ0n) is 16.2. The van der Waals surface area contributed by atoms with Crippen molar-refractivity contribution in [3.8, 4) is 0 Å². The van der Waals surface area contributed by atoms with E-state index in [0.717, 1.165) is 6.54 Å². The Morgan fingerprint density at radius 3 is 1.87 bits per heavy atom. The number of unbranched alkanes of at least 4 members (excludes halogenated alkanes) is 10. The van der Waals surface area contributed by atoms with E-state index in [1.165, 1.54) is 90.0 Å². The molecule has 1 aromatic rings. The highest BCUT2D eigenvalue weighted by Crippen LogP contribution is 2.12. The van der Waals surface area contributed by atoms with Crippen LogP contribution in [0.1, 0.15) is 104 Å². The fraction of sp³-hybridized carbons (Fsp3) is 0.857. The second-order valence-corrected chi connectivity index (χ2v) is 6.98. The molecular weight excluding hydrogens is 280 g/mol. The van der Waals surface area contributed by atoms with Crippen molar-refractivity contribution in [1.29, 1.82) is 0 Å². The Morgan fingerprint density at radius 2 is 1.30 bits per heavy atom. The number of hydrogen-bond donors (Lipinski definition) is 0. The lowest BCUT2D eigenvalue weighted by molar-refractivity contribution is -0.704. The predicted octanol–water partition coefficient (Wildman–Crippen LogP) is 6.06. The third-order valence-electron chi connectivity index (χ3n) is 4.94. The summed E-state index contributed by atoms with van der Waals surface area (Å²) >= 11 is 0. The molecule has 0 atom stereocenters. The number of nitrogens with zero attached hydrogens (tertiary/aromatic N) is 2. The van der Waals surface area contributed by atoms with Crippen molar-refractivity contribution >= 4 is 0 Å². The molecule has 0 aromatic carbocycles. The van der Waals surface area contributed by atoms with Gasteiger partial charge in [-0.3, -0.25) is 0 Å². The van der Waals surface area contributed by atoms with Crippen LogP contribution in [0, 0.1) is 0 Å². The quantitative estimate of drug-likeness (QED) is 0.274. The van der Waals surface area contributed by atoms with E-state index in [0.29, 0.717) is 0 Å². The first-order valence-corrected chi connectivity index (χ1v) is 10.4. The summed E-state index contributed by atoms with van der Waals surface area (Å²) in [5.41, 5.74) is 0. The van der Waals surface area contributed by atoms with Gasteiger partial charge in [-0.15, -0.1) is 0 Å². The van der Waals surface area contributed by atoms with E-state index >= 15 is 0 Å². The van der Waals surface area contributed by atoms with Crippen molar-refractivity contribution in [2.75, 3.05) is 0 Å². The Bertz CT molecular complexity index is 381. The lowest BCUT2D eigenvalue weighted by Crippen LogP contribution is -2.37. The van der Waals surface area contributed by atoms with Gasteiger partial charge in [0.15, 0.2) is 0 Å². The van der Waals surface area contributed by atoms with Gasteiger partial charge in [-0.1, -0.05) is 78.1 Å². The summed E-state index contributed by atoms with van der Waals surface area (Å²) in [5, 5.41) is 0. The first-order chi connectivity index (χ1) is 11.3. The van der Waals surface area contributed by atoms with E-state index in [4.69, 9.17) is 0 Å². The number of hydrogen-bond acceptors (Lipinski definition) is 0. The van der Waals surface area contributed by atoms with E-state index in [1.807, 2.05) is 0 Å². The average molecular weight is 322 g/mol. The lowest BCUT2D eigenvalue weighted by atomic mass is 10.1. The zero-order chi connectivity index (χ0) is 16.8. The monoisotopic (exact) mass is 321 g/mol. The maximum Gasteiger partial charge on any atom is 0.256 e. The van der Waals surface area contributed by atoms with Crippen LogP contribution in [0.25, 0.3) is 0 Å². The van der Waals surface area contributed by atoms with Gasteiger partial charge in [-0.2, -0.15) is 0 Å². The van der Waals surface area contributed by atoms with Gasteiger partial charge < -0.3 is 0 Å². The van der Waals surface area contributed by atoms with Crippen molar-refractivity contribution in [2.45, 2.75) is 117 Å². The van der Waals surface area contributed by atoms with Gasteiger partial charge in [0.2, 0.25) is 0 Å². The SMILES string of the molecule is CCCCCCCCCCCCc1n(CC)cc[n+]1CCCC. The normalized spacial score (nSPS) is 11.3. The molecule has 0 saturated carbocycles. The topological polar surface area (TPSA) is 8.81 Å². The van der Waals surface area contributed by atoms with E-state index in [9.17, 15) is 0 Å². The van der Waals surface area contributed by atoms with Crippen molar-refractivity contribution in [1.82, 2.24) is 4.57 Å². The van der Waals surface area contributed by atoms with E-state index < -0.39 is 0 Å². The van der Waals surface area contributed by atoms with Crippen LogP contribution in [0.2, 0.25) is 0 Å². The molecule has 0 aliphatic rings. The van der Waals surface area contributed by atoms with Gasteiger partial charge >= 0.3 is 0 Å². The van der Waals surface area contributed by atoms with Gasteiger partial charge in [0.25, 0.3) is 5.82 Å². The molecule has 0 amide bonds. The van der Waals surface area contributed by atoms with E-state index in [1.54, 1.807) is 5.82 Å². The van der Waals surface area contributed by atoms with Gasteiger partial charge in [0, 0.05) is 6.42 Å². The van der Waals surface area contributed by atoms with Crippen LogP contribution in [0.4, 0.5) is 0 Å². The minimum Gasteiger partial charge on any atom is -0.235 e. The number of aromatic nitrogens is 2. The fourth-order valence-electron chi connectivity index (χ4n) is 3.38. The fourth-order valence-corrected chi connectivity index (χ4v) is 3.38. The number of imidazole rings is 1. The van der Waals surface area contributed by atoms with Crippen molar-refractivity contribution in [2.24, 2.45) is 0 Å². The number of aryl methyl sites for hydroxylation is 2. The molecular formula is C21H41N2+. The Hall–Kier alpha value is -0.790. The molecule has 0 aliphatic carbocycles. The summed E-state index contributed by atoms with van der Waals surface area (Å²) in [6.07, 6.45) is 22.6. The second kappa shape index (κ2) is 13.6. The molecule has 1 rings (SSSR count). The average Bonchev–Trinajstić information content (AvgIpc) is 2.96. The second-order valence-electron chi connectivity index (χ2n) is 6.98. The van der Waals surface area contributed by atoms with Crippen LogP contribution in [-0.4, -0.2) is 4.57 Å². The maximum absolute atomic E-state index is 2.49. The van der Waals surface area contributed by atoms with Crippen LogP contribution in [-0.2, 0) is 19.5 Å². The molecule has 0 radical (unpaired) electrons. The first kappa shape index (κ1) is 20.3. The van der Waals surface area contributed by atoms with E-state index in [2.05, 4.69) is 42.3 Å². The third-order valence-corrected chi connectivity index (χ3v) is 4.94. The van der Waals surface area contributed by atoms with Crippen LogP contribution < -0.4 is 4.57 Å². The van der Waals surface area contributed by atoms with Gasteiger partial charge in [-0.05, 0) is 19.8 Å². The molecule has 0 fully saturated rings. The van der Waals surface area contributed by atoms with Crippen molar-refractivity contribution < 1.29 is 4.57 Å². The summed E-state index contributed by atoms with van der Waals surface area (Å²) in [6.45, 7) is 9.12. The maximum atomic E-state index is 2.49. The Balaban J connectivity index is 2.14. The summed E-state index contributed by atoms with van der Waals surface area (Å²) < 4.78 is 4.92. The smallest absolute Gasteiger partial charge is 0.235 e. The van der Waals surface area contributed by atoms with Crippen LogP contribution in [0.3, 0.4) is 0 Å². The van der Waals surface area contributed by atoms with Crippen molar-refractivity contribution in [3.05, 3.63) is 18.2 Å². The molecule has 0 bridgehead atoms. The highest BCUT2D eigenvalue weighted by Gasteiger charge is 2.14. The molecule has 134 valence electrons. The standard InChI is InChI=1S/C21H41N2/c1-4-7-9-10-11-12-13-14-15-16-17-21-22(6-3)19-20-23(21)18-8-5-2/h19-20H,4-18H2,1-3H3/q+1. The minimum atomic E-state index is 1.10. The molecule has 2 nitrogen and oxygen atoms in total. The zero-order valence-corrected chi connectivity index (χ0v) is 16.2. The molecule has 0 aliphatic heterocycles. The Kier molecular flexibility index (Phi) is 12.0. The highest BCUT2D eigenvalue weighted by molar-refractivity contribution is 4.83. The summed E-state index contributed by atoms with van der Waals surface area (Å²) in [6, 6.07) is 0. The molecule has 0 saturated heterocycles. The summed E-state index contributed by atoms with van der Waals surface area (Å²) in [4.78, 5) is 0. The molecule has 0 unspecified atom stereocenters. The predicted molar refractivity (Wildman–Crippen MR) is 101 cm³/mol. The highest BCUT2D eigenvalue weighted by atomic mass is 15.1. The Labute approximate surface area is 145 Å². The lowest BCUT2D eigenvalue weighted by Gasteiger charge is -2.05. The molecule has 1 heterocycles. The molecule has 0 N–H and O–H groups in total. The largest absolute Gasteiger partial charge is 0.256 e. The molecule has 2 heteroatoms. The molecule has 0 spiro atoms. The number of rotatable bonds is 15. The van der Waals surface area contributed by atoms with Gasteiger partial charge in [0.05, 0.1) is 13.1 Å². The minimum absolute atomic E-state index is 1.10. The molecule has 1 aromatic heterocycles. The van der Waals surface area contributed by atoms with Gasteiger partial charge in [-0.25, -0.2) is 9.13 Å². The third kappa shape index (κ3) is 8.58. The van der Waals surface area contributed by atoms with E-state index in [-0.39, 0.29) is 0 Å². The van der Waals surface area contributed by atoms with Crippen LogP contribution in [0.15, 0.2) is 12.4 Å². The van der Waals surface area contributed by atoms with Crippen LogP contribution in [0.5, 0.6) is 0 Å². The summed E-state index contributed by atoms with van der Waals surface area (Å²) in [7, 11) is 0. The molecule has 23 heavy (non-hydrogen) atoms. The van der Waals surface area contributed by atoms with Gasteiger partial charge in [0.1, 0.15) is 12.4 Å². The Morgan fingerprint density at radius 1 is 0.739 bits per heavy atom. The first-order valence-electron chi connectivity index (χ1n) is 10.4. The van der Waals surface area contributed by atoms with Crippen LogP contribution >= 0.6 is 0 Å². The summed E-state index contributed by atoms with van der Waals surface area (Å²) in [5.74, 6) is 1.54. The van der Waals surface area contributed by atoms with Crippen molar-refractivity contribution in [3.63, 3.8) is 0 Å².